The summed E-state index contributed by atoms with van der Waals surface area (Å²) in [6.07, 6.45) is 0. The van der Waals surface area contributed by atoms with Gasteiger partial charge in [-0.1, -0.05) is 6.92 Å². The minimum atomic E-state index is -3.65. The molecule has 1 unspecified atom stereocenters. The summed E-state index contributed by atoms with van der Waals surface area (Å²) in [6.45, 7) is 2.97. The second kappa shape index (κ2) is 6.36. The number of nitro groups is 1. The third kappa shape index (κ3) is 4.93. The number of ether oxygens (including phenoxy) is 1. The van der Waals surface area contributed by atoms with Gasteiger partial charge in [0.1, 0.15) is 0 Å². The van der Waals surface area contributed by atoms with Crippen LogP contribution in [-0.2, 0) is 9.05 Å². The molecule has 6 nitrogen and oxygen atoms in total. The van der Waals surface area contributed by atoms with E-state index in [1.165, 1.54) is 13.0 Å². The van der Waals surface area contributed by atoms with Crippen LogP contribution in [0.2, 0.25) is 0 Å². The molecule has 0 bridgehead atoms. The zero-order valence-electron chi connectivity index (χ0n) is 10.8. The first-order valence-corrected chi connectivity index (χ1v) is 8.07. The lowest BCUT2D eigenvalue weighted by Crippen LogP contribution is -2.17. The average molecular weight is 326 g/mol. The topological polar surface area (TPSA) is 86.5 Å². The third-order valence-electron chi connectivity index (χ3n) is 2.45. The van der Waals surface area contributed by atoms with Gasteiger partial charge in [0, 0.05) is 22.2 Å². The van der Waals surface area contributed by atoms with Gasteiger partial charge < -0.3 is 4.74 Å². The monoisotopic (exact) mass is 325 g/mol. The number of rotatable bonds is 6. The predicted octanol–water partition coefficient (Wildman–Crippen LogP) is 2.63. The fraction of sp³-hybridized carbons (Fsp3) is 0.455. The summed E-state index contributed by atoms with van der Waals surface area (Å²) in [7, 11) is 1.43. The number of hydrogen-bond donors (Lipinski definition) is 0. The average Bonchev–Trinajstić information content (AvgIpc) is 2.27. The van der Waals surface area contributed by atoms with Gasteiger partial charge in [-0.25, -0.2) is 12.8 Å². The summed E-state index contributed by atoms with van der Waals surface area (Å²) < 4.78 is 40.5. The lowest BCUT2D eigenvalue weighted by Gasteiger charge is -2.12. The van der Waals surface area contributed by atoms with Crippen molar-refractivity contribution in [3.8, 4) is 5.75 Å². The molecule has 112 valence electrons. The Bertz CT molecular complexity index is 619. The van der Waals surface area contributed by atoms with E-state index in [9.17, 15) is 22.9 Å². The van der Waals surface area contributed by atoms with Crippen LogP contribution in [0.15, 0.2) is 12.1 Å². The number of halogens is 2. The Morgan fingerprint density at radius 3 is 2.60 bits per heavy atom. The van der Waals surface area contributed by atoms with Crippen molar-refractivity contribution >= 4 is 25.4 Å². The molecule has 0 aliphatic carbocycles. The van der Waals surface area contributed by atoms with Gasteiger partial charge in [-0.3, -0.25) is 10.1 Å². The first-order valence-electron chi connectivity index (χ1n) is 5.60. The van der Waals surface area contributed by atoms with E-state index < -0.39 is 25.7 Å². The predicted molar refractivity (Wildman–Crippen MR) is 72.1 cm³/mol. The molecule has 0 aromatic heterocycles. The maximum Gasteiger partial charge on any atom is 0.275 e. The third-order valence-corrected chi connectivity index (χ3v) is 3.80. The van der Waals surface area contributed by atoms with E-state index in [2.05, 4.69) is 0 Å². The van der Waals surface area contributed by atoms with Gasteiger partial charge in [0.05, 0.1) is 23.3 Å². The van der Waals surface area contributed by atoms with E-state index in [-0.39, 0.29) is 29.4 Å². The van der Waals surface area contributed by atoms with E-state index in [4.69, 9.17) is 15.4 Å². The lowest BCUT2D eigenvalue weighted by molar-refractivity contribution is -0.385. The lowest BCUT2D eigenvalue weighted by atomic mass is 10.2. The highest BCUT2D eigenvalue weighted by atomic mass is 35.7. The van der Waals surface area contributed by atoms with Crippen molar-refractivity contribution in [3.05, 3.63) is 33.6 Å². The molecule has 0 amide bonds. The van der Waals surface area contributed by atoms with E-state index in [0.717, 1.165) is 6.07 Å². The SMILES string of the molecule is Cc1cc(OCC(C)CS(=O)(=O)Cl)c(F)cc1[N+](=O)[O-]. The van der Waals surface area contributed by atoms with Gasteiger partial charge >= 0.3 is 0 Å². The van der Waals surface area contributed by atoms with E-state index >= 15 is 0 Å². The standard InChI is InChI=1S/C11H13ClFNO5S/c1-7(6-20(12,17)18)5-19-11-3-8(2)10(14(15)16)4-9(11)13/h3-4,7H,5-6H2,1-2H3. The van der Waals surface area contributed by atoms with Crippen LogP contribution in [0.25, 0.3) is 0 Å². The molecule has 0 heterocycles. The summed E-state index contributed by atoms with van der Waals surface area (Å²) in [4.78, 5) is 9.94. The molecule has 1 aromatic rings. The van der Waals surface area contributed by atoms with Crippen LogP contribution in [-0.4, -0.2) is 25.7 Å². The fourth-order valence-electron chi connectivity index (χ4n) is 1.57. The second-order valence-electron chi connectivity index (χ2n) is 4.45. The molecule has 0 aliphatic rings. The molecule has 0 N–H and O–H groups in total. The highest BCUT2D eigenvalue weighted by molar-refractivity contribution is 8.13. The Kier molecular flexibility index (Phi) is 5.29. The molecule has 1 aromatic carbocycles. The van der Waals surface area contributed by atoms with Crippen LogP contribution in [0, 0.1) is 28.8 Å². The minimum Gasteiger partial charge on any atom is -0.490 e. The Labute approximate surface area is 120 Å². The van der Waals surface area contributed by atoms with E-state index in [1.54, 1.807) is 6.92 Å². The molecule has 0 radical (unpaired) electrons. The van der Waals surface area contributed by atoms with E-state index in [0.29, 0.717) is 0 Å². The molecular weight excluding hydrogens is 313 g/mol. The van der Waals surface area contributed by atoms with Crippen molar-refractivity contribution in [2.45, 2.75) is 13.8 Å². The largest absolute Gasteiger partial charge is 0.490 e. The molecule has 0 saturated heterocycles. The molecule has 1 atom stereocenters. The maximum atomic E-state index is 13.6. The Hall–Kier alpha value is -1.41. The van der Waals surface area contributed by atoms with Crippen LogP contribution < -0.4 is 4.74 Å². The number of aryl methyl sites for hydroxylation is 1. The summed E-state index contributed by atoms with van der Waals surface area (Å²) in [5.74, 6) is -1.77. The first-order chi connectivity index (χ1) is 9.10. The molecule has 0 fully saturated rings. The minimum absolute atomic E-state index is 0.0693. The zero-order valence-corrected chi connectivity index (χ0v) is 12.4. The van der Waals surface area contributed by atoms with Gasteiger partial charge in [0.15, 0.2) is 11.6 Å². The summed E-state index contributed by atoms with van der Waals surface area (Å²) >= 11 is 0. The van der Waals surface area contributed by atoms with Gasteiger partial charge in [-0.05, 0) is 13.0 Å². The van der Waals surface area contributed by atoms with Crippen LogP contribution in [0.4, 0.5) is 10.1 Å². The first kappa shape index (κ1) is 16.6. The summed E-state index contributed by atoms with van der Waals surface area (Å²) in [5, 5.41) is 10.6. The molecule has 20 heavy (non-hydrogen) atoms. The number of benzene rings is 1. The van der Waals surface area contributed by atoms with Crippen LogP contribution in [0.1, 0.15) is 12.5 Å². The molecule has 0 saturated carbocycles. The quantitative estimate of drug-likeness (QED) is 0.456. The van der Waals surface area contributed by atoms with Crippen molar-refractivity contribution in [2.24, 2.45) is 5.92 Å². The number of hydrogen-bond acceptors (Lipinski definition) is 5. The fourth-order valence-corrected chi connectivity index (χ4v) is 2.99. The molecule has 0 spiro atoms. The Balaban J connectivity index is 2.79. The number of nitro benzene ring substituents is 1. The maximum absolute atomic E-state index is 13.6. The molecule has 1 rings (SSSR count). The van der Waals surface area contributed by atoms with Crippen molar-refractivity contribution in [1.82, 2.24) is 0 Å². The zero-order chi connectivity index (χ0) is 15.5. The number of nitrogens with zero attached hydrogens (tertiary/aromatic N) is 1. The smallest absolute Gasteiger partial charge is 0.275 e. The van der Waals surface area contributed by atoms with Gasteiger partial charge in [0.2, 0.25) is 9.05 Å². The highest BCUT2D eigenvalue weighted by Gasteiger charge is 2.18. The van der Waals surface area contributed by atoms with Gasteiger partial charge in [0.25, 0.3) is 5.69 Å². The Morgan fingerprint density at radius 2 is 2.10 bits per heavy atom. The highest BCUT2D eigenvalue weighted by Crippen LogP contribution is 2.27. The van der Waals surface area contributed by atoms with Crippen molar-refractivity contribution < 1.29 is 22.5 Å². The van der Waals surface area contributed by atoms with Crippen LogP contribution in [0.5, 0.6) is 5.75 Å². The van der Waals surface area contributed by atoms with Gasteiger partial charge in [-0.15, -0.1) is 0 Å². The normalized spacial score (nSPS) is 13.0. The second-order valence-corrected chi connectivity index (χ2v) is 7.27. The summed E-state index contributed by atoms with van der Waals surface area (Å²) in [6, 6.07) is 1.98. The van der Waals surface area contributed by atoms with Crippen molar-refractivity contribution in [1.29, 1.82) is 0 Å². The molecule has 9 heteroatoms. The van der Waals surface area contributed by atoms with Crippen LogP contribution >= 0.6 is 10.7 Å². The molecule has 0 aliphatic heterocycles. The molecular formula is C11H13ClFNO5S. The van der Waals surface area contributed by atoms with E-state index in [1.807, 2.05) is 0 Å². The van der Waals surface area contributed by atoms with Gasteiger partial charge in [-0.2, -0.15) is 0 Å². The van der Waals surface area contributed by atoms with Crippen molar-refractivity contribution in [3.63, 3.8) is 0 Å². The van der Waals surface area contributed by atoms with Crippen molar-refractivity contribution in [2.75, 3.05) is 12.4 Å². The van der Waals surface area contributed by atoms with Crippen LogP contribution in [0.3, 0.4) is 0 Å². The Morgan fingerprint density at radius 1 is 1.50 bits per heavy atom. The summed E-state index contributed by atoms with van der Waals surface area (Å²) in [5.41, 5.74) is -0.0877.